The second-order valence-electron chi connectivity index (χ2n) is 3.33. The Morgan fingerprint density at radius 1 is 1.41 bits per heavy atom. The number of rotatable bonds is 4. The Balaban J connectivity index is 2.60. The van der Waals surface area contributed by atoms with Crippen LogP contribution >= 0.6 is 11.6 Å². The van der Waals surface area contributed by atoms with Crippen molar-refractivity contribution >= 4 is 23.4 Å². The van der Waals surface area contributed by atoms with Crippen LogP contribution in [0.2, 0.25) is 5.15 Å². The Bertz CT molecular complexity index is 407. The monoisotopic (exact) mass is 256 g/mol. The van der Waals surface area contributed by atoms with Crippen LogP contribution in [0.25, 0.3) is 0 Å². The predicted octanol–water partition coefficient (Wildman–Crippen LogP) is 0.384. The Labute approximate surface area is 104 Å². The van der Waals surface area contributed by atoms with E-state index in [9.17, 15) is 9.59 Å². The zero-order valence-corrected chi connectivity index (χ0v) is 10.3. The maximum atomic E-state index is 11.6. The van der Waals surface area contributed by atoms with E-state index in [0.29, 0.717) is 6.54 Å². The van der Waals surface area contributed by atoms with E-state index in [4.69, 9.17) is 11.6 Å². The SMILES string of the molecule is CCNC(=O)C(C)NC(=O)c1ccc(Cl)nn1. The van der Waals surface area contributed by atoms with Gasteiger partial charge < -0.3 is 10.6 Å². The van der Waals surface area contributed by atoms with Crippen LogP contribution in [0.3, 0.4) is 0 Å². The van der Waals surface area contributed by atoms with Crippen LogP contribution in [0.5, 0.6) is 0 Å². The van der Waals surface area contributed by atoms with E-state index in [0.717, 1.165) is 0 Å². The van der Waals surface area contributed by atoms with Gasteiger partial charge in [-0.1, -0.05) is 11.6 Å². The number of hydrogen-bond donors (Lipinski definition) is 2. The van der Waals surface area contributed by atoms with Crippen LogP contribution in [-0.4, -0.2) is 34.6 Å². The standard InChI is InChI=1S/C10H13ClN4O2/c1-3-12-9(16)6(2)13-10(17)7-4-5-8(11)15-14-7/h4-6H,3H2,1-2H3,(H,12,16)(H,13,17). The number of nitrogens with one attached hydrogen (secondary N) is 2. The van der Waals surface area contributed by atoms with Crippen LogP contribution in [0.15, 0.2) is 12.1 Å². The number of carbonyl (C=O) groups is 2. The molecule has 0 aliphatic carbocycles. The van der Waals surface area contributed by atoms with Crippen molar-refractivity contribution in [3.63, 3.8) is 0 Å². The molecule has 1 rings (SSSR count). The van der Waals surface area contributed by atoms with Gasteiger partial charge in [-0.2, -0.15) is 0 Å². The molecule has 0 radical (unpaired) electrons. The first-order chi connectivity index (χ1) is 8.04. The van der Waals surface area contributed by atoms with Crippen molar-refractivity contribution in [3.8, 4) is 0 Å². The molecule has 1 heterocycles. The number of amides is 2. The van der Waals surface area contributed by atoms with Gasteiger partial charge in [0.15, 0.2) is 10.8 Å². The summed E-state index contributed by atoms with van der Waals surface area (Å²) < 4.78 is 0. The van der Waals surface area contributed by atoms with E-state index in [1.807, 2.05) is 0 Å². The predicted molar refractivity (Wildman–Crippen MR) is 62.7 cm³/mol. The van der Waals surface area contributed by atoms with E-state index in [-0.39, 0.29) is 16.8 Å². The number of hydrogen-bond acceptors (Lipinski definition) is 4. The summed E-state index contributed by atoms with van der Waals surface area (Å²) >= 11 is 5.54. The molecule has 0 aliphatic rings. The molecule has 0 spiro atoms. The number of likely N-dealkylation sites (N-methyl/N-ethyl adjacent to an activating group) is 1. The molecule has 2 amide bonds. The Kier molecular flexibility index (Phi) is 4.84. The van der Waals surface area contributed by atoms with Gasteiger partial charge >= 0.3 is 0 Å². The highest BCUT2D eigenvalue weighted by Gasteiger charge is 2.16. The number of aromatic nitrogens is 2. The third-order valence-corrected chi connectivity index (χ3v) is 2.16. The van der Waals surface area contributed by atoms with Crippen LogP contribution in [-0.2, 0) is 4.79 Å². The number of halogens is 1. The largest absolute Gasteiger partial charge is 0.355 e. The van der Waals surface area contributed by atoms with Crippen LogP contribution in [0, 0.1) is 0 Å². The topological polar surface area (TPSA) is 84.0 Å². The van der Waals surface area contributed by atoms with E-state index in [2.05, 4.69) is 20.8 Å². The Hall–Kier alpha value is -1.69. The third kappa shape index (κ3) is 3.99. The molecule has 6 nitrogen and oxygen atoms in total. The number of carbonyl (C=O) groups excluding carboxylic acids is 2. The molecule has 0 bridgehead atoms. The van der Waals surface area contributed by atoms with Crippen LogP contribution < -0.4 is 10.6 Å². The van der Waals surface area contributed by atoms with Crippen molar-refractivity contribution in [1.29, 1.82) is 0 Å². The van der Waals surface area contributed by atoms with E-state index >= 15 is 0 Å². The fourth-order valence-corrected chi connectivity index (χ4v) is 1.20. The second kappa shape index (κ2) is 6.15. The lowest BCUT2D eigenvalue weighted by molar-refractivity contribution is -0.122. The van der Waals surface area contributed by atoms with Gasteiger partial charge in [-0.15, -0.1) is 10.2 Å². The summed E-state index contributed by atoms with van der Waals surface area (Å²) in [4.78, 5) is 23.0. The first-order valence-corrected chi connectivity index (χ1v) is 5.50. The molecular weight excluding hydrogens is 244 g/mol. The van der Waals surface area contributed by atoms with Crippen molar-refractivity contribution < 1.29 is 9.59 Å². The van der Waals surface area contributed by atoms with Gasteiger partial charge in [0.25, 0.3) is 5.91 Å². The molecule has 0 saturated heterocycles. The van der Waals surface area contributed by atoms with E-state index in [1.165, 1.54) is 12.1 Å². The smallest absolute Gasteiger partial charge is 0.272 e. The highest BCUT2D eigenvalue weighted by Crippen LogP contribution is 2.02. The maximum absolute atomic E-state index is 11.6. The quantitative estimate of drug-likeness (QED) is 0.816. The summed E-state index contributed by atoms with van der Waals surface area (Å²) in [7, 11) is 0. The molecule has 0 saturated carbocycles. The average molecular weight is 257 g/mol. The molecule has 1 unspecified atom stereocenters. The van der Waals surface area contributed by atoms with Gasteiger partial charge in [0.1, 0.15) is 6.04 Å². The van der Waals surface area contributed by atoms with Gasteiger partial charge in [-0.25, -0.2) is 0 Å². The highest BCUT2D eigenvalue weighted by molar-refractivity contribution is 6.29. The maximum Gasteiger partial charge on any atom is 0.272 e. The molecule has 2 N–H and O–H groups in total. The van der Waals surface area contributed by atoms with Gasteiger partial charge in [-0.05, 0) is 26.0 Å². The summed E-state index contributed by atoms with van der Waals surface area (Å²) in [5, 5.41) is 12.5. The van der Waals surface area contributed by atoms with Crippen molar-refractivity contribution in [2.75, 3.05) is 6.54 Å². The zero-order valence-electron chi connectivity index (χ0n) is 9.53. The average Bonchev–Trinajstić information content (AvgIpc) is 2.30. The highest BCUT2D eigenvalue weighted by atomic mass is 35.5. The number of nitrogens with zero attached hydrogens (tertiary/aromatic N) is 2. The van der Waals surface area contributed by atoms with Gasteiger partial charge in [0, 0.05) is 6.54 Å². The Morgan fingerprint density at radius 3 is 2.65 bits per heavy atom. The minimum absolute atomic E-state index is 0.116. The van der Waals surface area contributed by atoms with Gasteiger partial charge in [0.2, 0.25) is 5.91 Å². The summed E-state index contributed by atoms with van der Waals surface area (Å²) in [5.74, 6) is -0.712. The van der Waals surface area contributed by atoms with Crippen LogP contribution in [0.4, 0.5) is 0 Å². The summed E-state index contributed by atoms with van der Waals surface area (Å²) in [6, 6.07) is 2.27. The van der Waals surface area contributed by atoms with E-state index < -0.39 is 11.9 Å². The lowest BCUT2D eigenvalue weighted by atomic mass is 10.3. The lowest BCUT2D eigenvalue weighted by Crippen LogP contribution is -2.44. The molecule has 0 fully saturated rings. The van der Waals surface area contributed by atoms with Crippen LogP contribution in [0.1, 0.15) is 24.3 Å². The normalized spacial score (nSPS) is 11.7. The molecule has 1 aromatic rings. The van der Waals surface area contributed by atoms with Gasteiger partial charge in [0.05, 0.1) is 0 Å². The first-order valence-electron chi connectivity index (χ1n) is 5.12. The molecule has 0 aliphatic heterocycles. The minimum atomic E-state index is -0.625. The molecule has 17 heavy (non-hydrogen) atoms. The Morgan fingerprint density at radius 2 is 2.12 bits per heavy atom. The first kappa shape index (κ1) is 13.4. The molecule has 1 atom stereocenters. The fraction of sp³-hybridized carbons (Fsp3) is 0.400. The summed E-state index contributed by atoms with van der Waals surface area (Å²) in [5.41, 5.74) is 0.116. The lowest BCUT2D eigenvalue weighted by Gasteiger charge is -2.12. The van der Waals surface area contributed by atoms with Gasteiger partial charge in [-0.3, -0.25) is 9.59 Å². The summed E-state index contributed by atoms with van der Waals surface area (Å²) in [6.07, 6.45) is 0. The van der Waals surface area contributed by atoms with Crippen molar-refractivity contribution in [3.05, 3.63) is 23.0 Å². The van der Waals surface area contributed by atoms with Crippen molar-refractivity contribution in [2.45, 2.75) is 19.9 Å². The third-order valence-electron chi connectivity index (χ3n) is 1.96. The zero-order chi connectivity index (χ0) is 12.8. The minimum Gasteiger partial charge on any atom is -0.355 e. The molecule has 7 heteroatoms. The molecule has 0 aromatic carbocycles. The van der Waals surface area contributed by atoms with E-state index in [1.54, 1.807) is 13.8 Å². The summed E-state index contributed by atoms with van der Waals surface area (Å²) in [6.45, 7) is 3.91. The molecule has 92 valence electrons. The second-order valence-corrected chi connectivity index (χ2v) is 3.72. The van der Waals surface area contributed by atoms with Crippen molar-refractivity contribution in [2.24, 2.45) is 0 Å². The van der Waals surface area contributed by atoms with Crippen molar-refractivity contribution in [1.82, 2.24) is 20.8 Å². The fourth-order valence-electron chi connectivity index (χ4n) is 1.10. The molecular formula is C10H13ClN4O2. The molecule has 1 aromatic heterocycles.